The molecule has 5 nitrogen and oxygen atoms in total. The fourth-order valence-electron chi connectivity index (χ4n) is 3.54. The van der Waals surface area contributed by atoms with Gasteiger partial charge in [0.25, 0.3) is 5.91 Å². The summed E-state index contributed by atoms with van der Waals surface area (Å²) in [6.07, 6.45) is 10.1. The number of amides is 3. The largest absolute Gasteiger partial charge is 0.349 e. The Morgan fingerprint density at radius 2 is 1.77 bits per heavy atom. The number of urea groups is 1. The average Bonchev–Trinajstić information content (AvgIpc) is 3.49. The van der Waals surface area contributed by atoms with E-state index in [0.717, 1.165) is 25.1 Å². The summed E-state index contributed by atoms with van der Waals surface area (Å²) in [6, 6.07) is 7.41. The van der Waals surface area contributed by atoms with Crippen LogP contribution in [0.1, 0.15) is 55.3 Å². The van der Waals surface area contributed by atoms with E-state index >= 15 is 0 Å². The molecule has 0 spiro atoms. The molecule has 3 amide bonds. The van der Waals surface area contributed by atoms with Gasteiger partial charge in [-0.15, -0.1) is 6.58 Å². The Labute approximate surface area is 155 Å². The second kappa shape index (κ2) is 8.88. The zero-order valence-electron chi connectivity index (χ0n) is 15.4. The van der Waals surface area contributed by atoms with E-state index < -0.39 is 0 Å². The van der Waals surface area contributed by atoms with Gasteiger partial charge in [-0.3, -0.25) is 4.79 Å². The third kappa shape index (κ3) is 5.10. The van der Waals surface area contributed by atoms with Crippen LogP contribution in [0.25, 0.3) is 0 Å². The van der Waals surface area contributed by atoms with Crippen LogP contribution in [0.3, 0.4) is 0 Å². The summed E-state index contributed by atoms with van der Waals surface area (Å²) in [6.45, 7) is 4.90. The van der Waals surface area contributed by atoms with Crippen molar-refractivity contribution in [2.45, 2.75) is 51.0 Å². The Bertz CT molecular complexity index is 631. The van der Waals surface area contributed by atoms with Crippen molar-refractivity contribution in [3.8, 4) is 0 Å². The lowest BCUT2D eigenvalue weighted by Crippen LogP contribution is -2.45. The average molecular weight is 355 g/mol. The van der Waals surface area contributed by atoms with E-state index in [2.05, 4.69) is 22.1 Å². The number of carbonyl (C=O) groups is 2. The molecule has 2 N–H and O–H groups in total. The van der Waals surface area contributed by atoms with Gasteiger partial charge in [0.05, 0.1) is 0 Å². The maximum Gasteiger partial charge on any atom is 0.322 e. The van der Waals surface area contributed by atoms with Crippen molar-refractivity contribution in [1.29, 1.82) is 0 Å². The molecule has 0 bridgehead atoms. The molecule has 1 aromatic carbocycles. The molecule has 2 fully saturated rings. The number of hydrogen-bond donors (Lipinski definition) is 2. The molecule has 2 saturated carbocycles. The molecule has 5 heteroatoms. The van der Waals surface area contributed by atoms with Gasteiger partial charge in [0, 0.05) is 30.4 Å². The lowest BCUT2D eigenvalue weighted by molar-refractivity contribution is 0.0958. The Balaban J connectivity index is 1.60. The third-order valence-corrected chi connectivity index (χ3v) is 5.23. The predicted molar refractivity (Wildman–Crippen MR) is 104 cm³/mol. The molecular weight excluding hydrogens is 326 g/mol. The highest BCUT2D eigenvalue weighted by Crippen LogP contribution is 2.33. The number of anilines is 1. The maximum absolute atomic E-state index is 12.9. The molecule has 26 heavy (non-hydrogen) atoms. The lowest BCUT2D eigenvalue weighted by atomic mass is 9.94. The topological polar surface area (TPSA) is 61.4 Å². The molecule has 0 saturated heterocycles. The first-order valence-corrected chi connectivity index (χ1v) is 9.74. The third-order valence-electron chi connectivity index (χ3n) is 5.23. The molecule has 0 atom stereocenters. The van der Waals surface area contributed by atoms with Crippen molar-refractivity contribution in [3.05, 3.63) is 42.5 Å². The molecule has 3 rings (SSSR count). The van der Waals surface area contributed by atoms with Gasteiger partial charge >= 0.3 is 6.03 Å². The van der Waals surface area contributed by atoms with E-state index in [9.17, 15) is 9.59 Å². The highest BCUT2D eigenvalue weighted by atomic mass is 16.2. The minimum absolute atomic E-state index is 0.00680. The van der Waals surface area contributed by atoms with Crippen LogP contribution in [-0.4, -0.2) is 36.0 Å². The summed E-state index contributed by atoms with van der Waals surface area (Å²) in [5.41, 5.74) is 1.30. The number of nitrogens with zero attached hydrogens (tertiary/aromatic N) is 1. The van der Waals surface area contributed by atoms with Gasteiger partial charge in [0.1, 0.15) is 0 Å². The smallest absolute Gasteiger partial charge is 0.322 e. The molecule has 140 valence electrons. The SMILES string of the molecule is C=CCNC(=O)c1ccc(NC(=O)N(CC2CC2)C2CCCCC2)cc1. The summed E-state index contributed by atoms with van der Waals surface area (Å²) in [5, 5.41) is 5.77. The van der Waals surface area contributed by atoms with Gasteiger partial charge < -0.3 is 15.5 Å². The van der Waals surface area contributed by atoms with E-state index in [1.54, 1.807) is 30.3 Å². The van der Waals surface area contributed by atoms with E-state index in [-0.39, 0.29) is 11.9 Å². The van der Waals surface area contributed by atoms with Gasteiger partial charge in [0.15, 0.2) is 0 Å². The van der Waals surface area contributed by atoms with Gasteiger partial charge in [0.2, 0.25) is 0 Å². The first-order valence-electron chi connectivity index (χ1n) is 9.74. The Morgan fingerprint density at radius 1 is 1.08 bits per heavy atom. The van der Waals surface area contributed by atoms with E-state index in [0.29, 0.717) is 24.1 Å². The molecule has 0 unspecified atom stereocenters. The highest BCUT2D eigenvalue weighted by Gasteiger charge is 2.31. The first kappa shape index (κ1) is 18.5. The van der Waals surface area contributed by atoms with E-state index in [4.69, 9.17) is 0 Å². The van der Waals surface area contributed by atoms with Gasteiger partial charge in [-0.05, 0) is 55.9 Å². The van der Waals surface area contributed by atoms with E-state index in [1.807, 2.05) is 0 Å². The van der Waals surface area contributed by atoms with Crippen LogP contribution in [0.15, 0.2) is 36.9 Å². The summed E-state index contributed by atoms with van der Waals surface area (Å²) in [4.78, 5) is 26.8. The zero-order valence-corrected chi connectivity index (χ0v) is 15.4. The quantitative estimate of drug-likeness (QED) is 0.721. The van der Waals surface area contributed by atoms with Crippen LogP contribution in [0, 0.1) is 5.92 Å². The van der Waals surface area contributed by atoms with Crippen molar-refractivity contribution in [1.82, 2.24) is 10.2 Å². The Hall–Kier alpha value is -2.30. The fraction of sp³-hybridized carbons (Fsp3) is 0.524. The summed E-state index contributed by atoms with van der Waals surface area (Å²) in [5.74, 6) is 0.541. The Kier molecular flexibility index (Phi) is 6.31. The van der Waals surface area contributed by atoms with Crippen molar-refractivity contribution >= 4 is 17.6 Å². The second-order valence-corrected chi connectivity index (χ2v) is 7.39. The zero-order chi connectivity index (χ0) is 18.4. The number of nitrogens with one attached hydrogen (secondary N) is 2. The molecule has 2 aliphatic rings. The van der Waals surface area contributed by atoms with E-state index in [1.165, 1.54) is 32.1 Å². The number of hydrogen-bond acceptors (Lipinski definition) is 2. The molecule has 0 heterocycles. The predicted octanol–water partition coefficient (Wildman–Crippen LogP) is 4.18. The monoisotopic (exact) mass is 355 g/mol. The summed E-state index contributed by atoms with van der Waals surface area (Å²) >= 11 is 0. The van der Waals surface area contributed by atoms with Crippen LogP contribution >= 0.6 is 0 Å². The normalized spacial score (nSPS) is 17.4. The van der Waals surface area contributed by atoms with Crippen molar-refractivity contribution in [2.75, 3.05) is 18.4 Å². The van der Waals surface area contributed by atoms with Crippen LogP contribution in [-0.2, 0) is 0 Å². The highest BCUT2D eigenvalue weighted by molar-refractivity contribution is 5.95. The first-order chi connectivity index (χ1) is 12.7. The molecular formula is C21H29N3O2. The van der Waals surface area contributed by atoms with Crippen LogP contribution < -0.4 is 10.6 Å². The molecule has 2 aliphatic carbocycles. The molecule has 0 aromatic heterocycles. The van der Waals surface area contributed by atoms with Gasteiger partial charge in [-0.25, -0.2) is 4.79 Å². The lowest BCUT2D eigenvalue weighted by Gasteiger charge is -2.34. The summed E-state index contributed by atoms with van der Waals surface area (Å²) in [7, 11) is 0. The van der Waals surface area contributed by atoms with Crippen molar-refractivity contribution in [2.24, 2.45) is 5.92 Å². The Morgan fingerprint density at radius 3 is 2.38 bits per heavy atom. The minimum Gasteiger partial charge on any atom is -0.349 e. The second-order valence-electron chi connectivity index (χ2n) is 7.39. The van der Waals surface area contributed by atoms with Gasteiger partial charge in [-0.1, -0.05) is 25.3 Å². The molecule has 0 aliphatic heterocycles. The van der Waals surface area contributed by atoms with Crippen molar-refractivity contribution < 1.29 is 9.59 Å². The fourth-order valence-corrected chi connectivity index (χ4v) is 3.54. The summed E-state index contributed by atoms with van der Waals surface area (Å²) < 4.78 is 0. The number of carbonyl (C=O) groups excluding carboxylic acids is 2. The standard InChI is InChI=1S/C21H29N3O2/c1-2-14-22-20(25)17-10-12-18(13-11-17)23-21(26)24(15-16-8-9-16)19-6-4-3-5-7-19/h2,10-13,16,19H,1,3-9,14-15H2,(H,22,25)(H,23,26). The van der Waals surface area contributed by atoms with Crippen LogP contribution in [0.2, 0.25) is 0 Å². The van der Waals surface area contributed by atoms with Gasteiger partial charge in [-0.2, -0.15) is 0 Å². The molecule has 1 aromatic rings. The van der Waals surface area contributed by atoms with Crippen LogP contribution in [0.4, 0.5) is 10.5 Å². The number of benzene rings is 1. The maximum atomic E-state index is 12.9. The number of rotatable bonds is 7. The minimum atomic E-state index is -0.139. The van der Waals surface area contributed by atoms with Crippen molar-refractivity contribution in [3.63, 3.8) is 0 Å². The van der Waals surface area contributed by atoms with Crippen LogP contribution in [0.5, 0.6) is 0 Å². The molecule has 0 radical (unpaired) electrons.